The summed E-state index contributed by atoms with van der Waals surface area (Å²) in [5.41, 5.74) is 2.57. The number of carbonyl (C=O) groups is 1. The van der Waals surface area contributed by atoms with Crippen molar-refractivity contribution < 1.29 is 4.79 Å². The second-order valence-corrected chi connectivity index (χ2v) is 6.15. The largest absolute Gasteiger partial charge is 0.339 e. The van der Waals surface area contributed by atoms with Crippen LogP contribution in [0.3, 0.4) is 0 Å². The standard InChI is InChI=1S/C16H22BrNO/c1-12-5-3-4-6-14(12)7-8-16(19)18-10-9-13(2)15(18)11-17/h3-6,13,15H,7-11H2,1-2H3. The van der Waals surface area contributed by atoms with E-state index in [0.717, 1.165) is 24.7 Å². The van der Waals surface area contributed by atoms with E-state index < -0.39 is 0 Å². The summed E-state index contributed by atoms with van der Waals surface area (Å²) in [6.45, 7) is 5.27. The zero-order valence-corrected chi connectivity index (χ0v) is 13.3. The number of rotatable bonds is 4. The Bertz CT molecular complexity index is 446. The molecular weight excluding hydrogens is 302 g/mol. The molecule has 2 nitrogen and oxygen atoms in total. The van der Waals surface area contributed by atoms with Gasteiger partial charge in [0.05, 0.1) is 0 Å². The minimum absolute atomic E-state index is 0.303. The number of aryl methyl sites for hydroxylation is 2. The number of nitrogens with zero attached hydrogens (tertiary/aromatic N) is 1. The summed E-state index contributed by atoms with van der Waals surface area (Å²) in [5, 5.41) is 0.893. The number of benzene rings is 1. The van der Waals surface area contributed by atoms with Crippen molar-refractivity contribution in [2.75, 3.05) is 11.9 Å². The van der Waals surface area contributed by atoms with E-state index in [0.29, 0.717) is 24.3 Å². The molecule has 1 aliphatic heterocycles. The molecule has 1 aromatic rings. The van der Waals surface area contributed by atoms with Crippen molar-refractivity contribution in [1.29, 1.82) is 0 Å². The third kappa shape index (κ3) is 3.38. The third-order valence-corrected chi connectivity index (χ3v) is 4.89. The monoisotopic (exact) mass is 323 g/mol. The molecule has 2 rings (SSSR count). The highest BCUT2D eigenvalue weighted by atomic mass is 79.9. The molecule has 19 heavy (non-hydrogen) atoms. The Hall–Kier alpha value is -0.830. The lowest BCUT2D eigenvalue weighted by Gasteiger charge is -2.25. The maximum Gasteiger partial charge on any atom is 0.223 e. The maximum atomic E-state index is 12.3. The van der Waals surface area contributed by atoms with E-state index in [9.17, 15) is 4.79 Å². The first-order valence-corrected chi connectivity index (χ1v) is 8.15. The Balaban J connectivity index is 1.93. The van der Waals surface area contributed by atoms with Crippen LogP contribution in [-0.2, 0) is 11.2 Å². The van der Waals surface area contributed by atoms with Crippen LogP contribution in [0.5, 0.6) is 0 Å². The molecule has 0 aliphatic carbocycles. The molecule has 1 saturated heterocycles. The molecular formula is C16H22BrNO. The second-order valence-electron chi connectivity index (χ2n) is 5.50. The van der Waals surface area contributed by atoms with Gasteiger partial charge in [-0.25, -0.2) is 0 Å². The summed E-state index contributed by atoms with van der Waals surface area (Å²) in [5.74, 6) is 0.916. The Morgan fingerprint density at radius 1 is 1.42 bits per heavy atom. The highest BCUT2D eigenvalue weighted by Crippen LogP contribution is 2.26. The van der Waals surface area contributed by atoms with Crippen LogP contribution >= 0.6 is 15.9 Å². The van der Waals surface area contributed by atoms with Crippen molar-refractivity contribution in [1.82, 2.24) is 4.90 Å². The van der Waals surface area contributed by atoms with Gasteiger partial charge in [0, 0.05) is 24.3 Å². The van der Waals surface area contributed by atoms with Gasteiger partial charge in [0.15, 0.2) is 0 Å². The summed E-state index contributed by atoms with van der Waals surface area (Å²) < 4.78 is 0. The lowest BCUT2D eigenvalue weighted by molar-refractivity contribution is -0.131. The van der Waals surface area contributed by atoms with Gasteiger partial charge in [-0.05, 0) is 36.8 Å². The number of halogens is 1. The molecule has 0 saturated carbocycles. The molecule has 0 spiro atoms. The number of likely N-dealkylation sites (tertiary alicyclic amines) is 1. The summed E-state index contributed by atoms with van der Waals surface area (Å²) in [6, 6.07) is 8.70. The molecule has 0 radical (unpaired) electrons. The first kappa shape index (κ1) is 14.6. The Morgan fingerprint density at radius 2 is 2.16 bits per heavy atom. The number of amides is 1. The van der Waals surface area contributed by atoms with E-state index in [1.807, 2.05) is 12.1 Å². The Labute approximate surface area is 124 Å². The van der Waals surface area contributed by atoms with Gasteiger partial charge in [0.25, 0.3) is 0 Å². The molecule has 0 N–H and O–H groups in total. The minimum atomic E-state index is 0.303. The van der Waals surface area contributed by atoms with E-state index in [1.54, 1.807) is 0 Å². The lowest BCUT2D eigenvalue weighted by atomic mass is 10.0. The van der Waals surface area contributed by atoms with Crippen LogP contribution in [-0.4, -0.2) is 28.7 Å². The van der Waals surface area contributed by atoms with Crippen LogP contribution in [0, 0.1) is 12.8 Å². The van der Waals surface area contributed by atoms with Crippen LogP contribution in [0.2, 0.25) is 0 Å². The van der Waals surface area contributed by atoms with E-state index in [4.69, 9.17) is 0 Å². The van der Waals surface area contributed by atoms with Crippen LogP contribution in [0.15, 0.2) is 24.3 Å². The molecule has 1 aromatic carbocycles. The summed E-state index contributed by atoms with van der Waals surface area (Å²) in [4.78, 5) is 14.4. The van der Waals surface area contributed by atoms with Gasteiger partial charge in [-0.15, -0.1) is 0 Å². The molecule has 1 fully saturated rings. The highest BCUT2D eigenvalue weighted by Gasteiger charge is 2.32. The number of alkyl halides is 1. The van der Waals surface area contributed by atoms with E-state index in [1.165, 1.54) is 11.1 Å². The molecule has 2 unspecified atom stereocenters. The first-order valence-electron chi connectivity index (χ1n) is 7.03. The summed E-state index contributed by atoms with van der Waals surface area (Å²) >= 11 is 3.54. The summed E-state index contributed by atoms with van der Waals surface area (Å²) in [6.07, 6.45) is 2.61. The van der Waals surface area contributed by atoms with Crippen molar-refractivity contribution in [3.8, 4) is 0 Å². The van der Waals surface area contributed by atoms with Gasteiger partial charge in [-0.1, -0.05) is 47.1 Å². The fraction of sp³-hybridized carbons (Fsp3) is 0.562. The topological polar surface area (TPSA) is 20.3 Å². The molecule has 0 aromatic heterocycles. The lowest BCUT2D eigenvalue weighted by Crippen LogP contribution is -2.38. The zero-order valence-electron chi connectivity index (χ0n) is 11.7. The average molecular weight is 324 g/mol. The van der Waals surface area contributed by atoms with Gasteiger partial charge >= 0.3 is 0 Å². The predicted octanol–water partition coefficient (Wildman–Crippen LogP) is 3.56. The van der Waals surface area contributed by atoms with Gasteiger partial charge in [-0.3, -0.25) is 4.79 Å². The number of hydrogen-bond acceptors (Lipinski definition) is 1. The normalized spacial score (nSPS) is 22.8. The van der Waals surface area contributed by atoms with E-state index >= 15 is 0 Å². The van der Waals surface area contributed by atoms with Crippen molar-refractivity contribution in [3.63, 3.8) is 0 Å². The van der Waals surface area contributed by atoms with Gasteiger partial charge in [0.2, 0.25) is 5.91 Å². The highest BCUT2D eigenvalue weighted by molar-refractivity contribution is 9.09. The Kier molecular flexibility index (Phi) is 5.03. The van der Waals surface area contributed by atoms with Gasteiger partial charge < -0.3 is 4.90 Å². The van der Waals surface area contributed by atoms with Crippen molar-refractivity contribution in [3.05, 3.63) is 35.4 Å². The van der Waals surface area contributed by atoms with Crippen molar-refractivity contribution in [2.24, 2.45) is 5.92 Å². The van der Waals surface area contributed by atoms with Crippen molar-refractivity contribution >= 4 is 21.8 Å². The molecule has 1 amide bonds. The molecule has 0 bridgehead atoms. The van der Waals surface area contributed by atoms with Crippen LogP contribution in [0.25, 0.3) is 0 Å². The Morgan fingerprint density at radius 3 is 2.84 bits per heavy atom. The summed E-state index contributed by atoms with van der Waals surface area (Å²) in [7, 11) is 0. The smallest absolute Gasteiger partial charge is 0.223 e. The van der Waals surface area contributed by atoms with Crippen molar-refractivity contribution in [2.45, 2.75) is 39.2 Å². The number of carbonyl (C=O) groups excluding carboxylic acids is 1. The average Bonchev–Trinajstić information content (AvgIpc) is 2.78. The molecule has 1 aliphatic rings. The third-order valence-electron chi connectivity index (χ3n) is 4.23. The second kappa shape index (κ2) is 6.56. The molecule has 2 atom stereocenters. The zero-order chi connectivity index (χ0) is 13.8. The SMILES string of the molecule is Cc1ccccc1CCC(=O)N1CCC(C)C1CBr. The van der Waals surface area contributed by atoms with Gasteiger partial charge in [0.1, 0.15) is 0 Å². The van der Waals surface area contributed by atoms with Crippen LogP contribution < -0.4 is 0 Å². The number of hydrogen-bond donors (Lipinski definition) is 0. The molecule has 104 valence electrons. The fourth-order valence-corrected chi connectivity index (χ4v) is 3.82. The van der Waals surface area contributed by atoms with Crippen LogP contribution in [0.4, 0.5) is 0 Å². The van der Waals surface area contributed by atoms with E-state index in [-0.39, 0.29) is 0 Å². The fourth-order valence-electron chi connectivity index (χ4n) is 2.83. The molecule has 1 heterocycles. The van der Waals surface area contributed by atoms with Crippen LogP contribution in [0.1, 0.15) is 30.9 Å². The maximum absolute atomic E-state index is 12.3. The van der Waals surface area contributed by atoms with Gasteiger partial charge in [-0.2, -0.15) is 0 Å². The predicted molar refractivity (Wildman–Crippen MR) is 82.6 cm³/mol. The first-order chi connectivity index (χ1) is 9.13. The quantitative estimate of drug-likeness (QED) is 0.776. The minimum Gasteiger partial charge on any atom is -0.339 e. The van der Waals surface area contributed by atoms with E-state index in [2.05, 4.69) is 46.8 Å². The molecule has 3 heteroatoms.